The van der Waals surface area contributed by atoms with Crippen LogP contribution in [0.3, 0.4) is 0 Å². The summed E-state index contributed by atoms with van der Waals surface area (Å²) in [5, 5.41) is 13.4. The average molecular weight is 457 g/mol. The number of halogens is 2. The summed E-state index contributed by atoms with van der Waals surface area (Å²) in [6.45, 7) is 4.98. The number of carbonyl (C=O) groups excluding carboxylic acids is 1. The summed E-state index contributed by atoms with van der Waals surface area (Å²) in [5.41, 5.74) is 2.80. The maximum absolute atomic E-state index is 13.2. The fourth-order valence-electron chi connectivity index (χ4n) is 3.90. The Morgan fingerprint density at radius 2 is 2.06 bits per heavy atom. The summed E-state index contributed by atoms with van der Waals surface area (Å²) in [6.07, 6.45) is 1.68. The predicted octanol–water partition coefficient (Wildman–Crippen LogP) is 3.73. The van der Waals surface area contributed by atoms with Gasteiger partial charge in [-0.2, -0.15) is 5.10 Å². The average Bonchev–Trinajstić information content (AvgIpc) is 3.30. The first-order valence-corrected chi connectivity index (χ1v) is 10.2. The number of nitrogens with zero attached hydrogens (tertiary/aromatic N) is 5. The lowest BCUT2D eigenvalue weighted by atomic mass is 10.0. The van der Waals surface area contributed by atoms with E-state index >= 15 is 0 Å². The molecule has 1 unspecified atom stereocenters. The Hall–Kier alpha value is -3.89. The van der Waals surface area contributed by atoms with Crippen LogP contribution in [0.15, 0.2) is 30.7 Å². The van der Waals surface area contributed by atoms with Crippen molar-refractivity contribution >= 4 is 17.6 Å². The normalized spacial score (nSPS) is 15.3. The van der Waals surface area contributed by atoms with E-state index in [4.69, 9.17) is 4.74 Å². The molecule has 0 saturated carbocycles. The summed E-state index contributed by atoms with van der Waals surface area (Å²) < 4.78 is 31.7. The van der Waals surface area contributed by atoms with Gasteiger partial charge in [-0.1, -0.05) is 0 Å². The number of fused-ring (bicyclic) bond motifs is 1. The first-order valence-electron chi connectivity index (χ1n) is 10.2. The van der Waals surface area contributed by atoms with Crippen molar-refractivity contribution in [3.8, 4) is 17.1 Å². The molecule has 0 aliphatic carbocycles. The van der Waals surface area contributed by atoms with Crippen molar-refractivity contribution in [2.75, 3.05) is 11.5 Å². The molecular formula is C22H21F2N5O4. The predicted molar refractivity (Wildman–Crippen MR) is 114 cm³/mol. The van der Waals surface area contributed by atoms with Gasteiger partial charge in [0.05, 0.1) is 41.5 Å². The maximum Gasteiger partial charge on any atom is 0.341 e. The Morgan fingerprint density at radius 3 is 2.73 bits per heavy atom. The van der Waals surface area contributed by atoms with E-state index in [9.17, 15) is 23.5 Å². The lowest BCUT2D eigenvalue weighted by molar-refractivity contribution is 0.0691. The van der Waals surface area contributed by atoms with Crippen LogP contribution in [0, 0.1) is 6.92 Å². The molecule has 1 aliphatic rings. The van der Waals surface area contributed by atoms with Gasteiger partial charge in [0.15, 0.2) is 0 Å². The third kappa shape index (κ3) is 4.01. The van der Waals surface area contributed by atoms with Crippen molar-refractivity contribution in [1.82, 2.24) is 19.7 Å². The summed E-state index contributed by atoms with van der Waals surface area (Å²) in [6, 6.07) is 2.64. The third-order valence-corrected chi connectivity index (χ3v) is 5.34. The number of aromatic carboxylic acids is 1. The molecule has 1 aliphatic heterocycles. The minimum absolute atomic E-state index is 0.0159. The molecule has 3 aromatic heterocycles. The zero-order valence-electron chi connectivity index (χ0n) is 18.1. The molecule has 4 heterocycles. The smallest absolute Gasteiger partial charge is 0.341 e. The van der Waals surface area contributed by atoms with Crippen LogP contribution in [0.2, 0.25) is 0 Å². The first kappa shape index (κ1) is 22.3. The first-order chi connectivity index (χ1) is 15.7. The van der Waals surface area contributed by atoms with E-state index in [1.54, 1.807) is 26.8 Å². The van der Waals surface area contributed by atoms with Gasteiger partial charge in [-0.05, 0) is 38.5 Å². The van der Waals surface area contributed by atoms with E-state index in [0.717, 1.165) is 4.68 Å². The van der Waals surface area contributed by atoms with Gasteiger partial charge >= 0.3 is 5.97 Å². The molecule has 11 heteroatoms. The summed E-state index contributed by atoms with van der Waals surface area (Å²) >= 11 is 0. The second-order valence-corrected chi connectivity index (χ2v) is 7.56. The van der Waals surface area contributed by atoms with E-state index in [2.05, 4.69) is 15.1 Å². The molecule has 33 heavy (non-hydrogen) atoms. The molecule has 0 saturated heterocycles. The SMILES string of the molecule is CCOc1ncc(-c2cc(C)c3c(n2)C(C)N(c2cnn(CC(F)F)c2)C3=O)cc1C(=O)O. The third-order valence-electron chi connectivity index (χ3n) is 5.34. The second kappa shape index (κ2) is 8.57. The molecule has 1 N–H and O–H groups in total. The second-order valence-electron chi connectivity index (χ2n) is 7.56. The highest BCUT2D eigenvalue weighted by atomic mass is 19.3. The lowest BCUT2D eigenvalue weighted by Crippen LogP contribution is -2.26. The van der Waals surface area contributed by atoms with Crippen LogP contribution in [0.25, 0.3) is 11.3 Å². The number of carboxylic acid groups (broad SMARTS) is 1. The standard InChI is InChI=1S/C22H21F2N5O4/c1-4-33-20-15(22(31)32)6-13(7-25-20)16-5-11(2)18-19(27-16)12(3)29(21(18)30)14-8-26-28(9-14)10-17(23)24/h5-9,12,17H,4,10H2,1-3H3,(H,31,32). The lowest BCUT2D eigenvalue weighted by Gasteiger charge is -2.19. The largest absolute Gasteiger partial charge is 0.477 e. The van der Waals surface area contributed by atoms with E-state index in [-0.39, 0.29) is 24.0 Å². The van der Waals surface area contributed by atoms with Crippen LogP contribution in [0.4, 0.5) is 14.5 Å². The molecule has 4 rings (SSSR count). The minimum atomic E-state index is -2.56. The number of carboxylic acids is 1. The number of pyridine rings is 2. The van der Waals surface area contributed by atoms with E-state index in [1.165, 1.54) is 29.6 Å². The number of alkyl halides is 2. The van der Waals surface area contributed by atoms with Gasteiger partial charge in [-0.15, -0.1) is 0 Å². The van der Waals surface area contributed by atoms with Crippen LogP contribution in [0.5, 0.6) is 5.88 Å². The van der Waals surface area contributed by atoms with Crippen molar-refractivity contribution in [1.29, 1.82) is 0 Å². The topological polar surface area (TPSA) is 110 Å². The van der Waals surface area contributed by atoms with Gasteiger partial charge < -0.3 is 9.84 Å². The van der Waals surface area contributed by atoms with Gasteiger partial charge in [-0.25, -0.2) is 23.5 Å². The number of amides is 1. The minimum Gasteiger partial charge on any atom is -0.477 e. The molecule has 1 amide bonds. The number of hydrogen-bond donors (Lipinski definition) is 1. The highest BCUT2D eigenvalue weighted by Crippen LogP contribution is 2.39. The van der Waals surface area contributed by atoms with Gasteiger partial charge in [-0.3, -0.25) is 14.4 Å². The van der Waals surface area contributed by atoms with Crippen molar-refractivity contribution in [2.24, 2.45) is 0 Å². The highest BCUT2D eigenvalue weighted by molar-refractivity contribution is 6.11. The number of aryl methyl sites for hydroxylation is 1. The molecule has 0 bridgehead atoms. The molecule has 3 aromatic rings. The summed E-state index contributed by atoms with van der Waals surface area (Å²) in [4.78, 5) is 35.0. The van der Waals surface area contributed by atoms with Crippen LogP contribution < -0.4 is 9.64 Å². The fraction of sp³-hybridized carbons (Fsp3) is 0.318. The van der Waals surface area contributed by atoms with Gasteiger partial charge in [0.1, 0.15) is 12.1 Å². The van der Waals surface area contributed by atoms with Gasteiger partial charge in [0, 0.05) is 18.0 Å². The van der Waals surface area contributed by atoms with Crippen molar-refractivity contribution in [2.45, 2.75) is 39.8 Å². The van der Waals surface area contributed by atoms with Crippen LogP contribution >= 0.6 is 0 Å². The Kier molecular flexibility index (Phi) is 5.79. The van der Waals surface area contributed by atoms with E-state index in [0.29, 0.717) is 33.8 Å². The number of ether oxygens (including phenoxy) is 1. The monoisotopic (exact) mass is 457 g/mol. The van der Waals surface area contributed by atoms with E-state index in [1.807, 2.05) is 0 Å². The fourth-order valence-corrected chi connectivity index (χ4v) is 3.90. The molecule has 0 spiro atoms. The van der Waals surface area contributed by atoms with Crippen LogP contribution in [0.1, 0.15) is 51.9 Å². The number of rotatable bonds is 7. The zero-order valence-corrected chi connectivity index (χ0v) is 18.1. The molecule has 9 nitrogen and oxygen atoms in total. The number of anilines is 1. The maximum atomic E-state index is 13.2. The zero-order chi connectivity index (χ0) is 23.9. The van der Waals surface area contributed by atoms with Crippen molar-refractivity contribution < 1.29 is 28.2 Å². The molecule has 0 fully saturated rings. The van der Waals surface area contributed by atoms with Gasteiger partial charge in [0.2, 0.25) is 5.88 Å². The van der Waals surface area contributed by atoms with Crippen LogP contribution in [-0.4, -0.2) is 49.8 Å². The number of aromatic nitrogens is 4. The Balaban J connectivity index is 1.73. The quantitative estimate of drug-likeness (QED) is 0.576. The van der Waals surface area contributed by atoms with E-state index < -0.39 is 25.0 Å². The molecule has 172 valence electrons. The summed E-state index contributed by atoms with van der Waals surface area (Å²) in [5.74, 6) is -1.47. The molecular weight excluding hydrogens is 436 g/mol. The van der Waals surface area contributed by atoms with Crippen LogP contribution in [-0.2, 0) is 6.54 Å². The Labute approximate surface area is 187 Å². The molecule has 0 aromatic carbocycles. The molecule has 1 atom stereocenters. The van der Waals surface area contributed by atoms with Gasteiger partial charge in [0.25, 0.3) is 12.3 Å². The number of carbonyl (C=O) groups is 2. The summed E-state index contributed by atoms with van der Waals surface area (Å²) in [7, 11) is 0. The van der Waals surface area contributed by atoms with Crippen molar-refractivity contribution in [3.63, 3.8) is 0 Å². The number of hydrogen-bond acceptors (Lipinski definition) is 6. The highest BCUT2D eigenvalue weighted by Gasteiger charge is 2.38. The molecule has 0 radical (unpaired) electrons. The van der Waals surface area contributed by atoms with Crippen molar-refractivity contribution in [3.05, 3.63) is 53.1 Å². The Bertz CT molecular complexity index is 1240. The Morgan fingerprint density at radius 1 is 1.30 bits per heavy atom.